The van der Waals surface area contributed by atoms with Crippen LogP contribution < -0.4 is 10.5 Å². The van der Waals surface area contributed by atoms with E-state index in [1.165, 1.54) is 0 Å². The highest BCUT2D eigenvalue weighted by atomic mass is 16.5. The van der Waals surface area contributed by atoms with E-state index < -0.39 is 0 Å². The maximum absolute atomic E-state index is 11.0. The number of carbonyl (C=O) groups is 1. The zero-order chi connectivity index (χ0) is 12.8. The molecule has 0 bridgehead atoms. The highest BCUT2D eigenvalue weighted by molar-refractivity contribution is 5.77. The molecule has 1 amide bonds. The molecule has 0 aliphatic rings. The molecule has 0 aromatic heterocycles. The fourth-order valence-electron chi connectivity index (χ4n) is 1.62. The van der Waals surface area contributed by atoms with Gasteiger partial charge in [-0.05, 0) is 30.9 Å². The van der Waals surface area contributed by atoms with E-state index in [2.05, 4.69) is 13.8 Å². The summed E-state index contributed by atoms with van der Waals surface area (Å²) in [5, 5.41) is 0. The molecule has 0 spiro atoms. The summed E-state index contributed by atoms with van der Waals surface area (Å²) in [5.74, 6) is 1.07. The van der Waals surface area contributed by atoms with E-state index in [1.54, 1.807) is 0 Å². The lowest BCUT2D eigenvalue weighted by Crippen LogP contribution is -2.15. The lowest BCUT2D eigenvalue weighted by molar-refractivity contribution is -0.117. The number of rotatable bonds is 6. The summed E-state index contributed by atoms with van der Waals surface area (Å²) < 4.78 is 5.72. The van der Waals surface area contributed by atoms with Crippen LogP contribution in [0.1, 0.15) is 31.4 Å². The van der Waals surface area contributed by atoms with Gasteiger partial charge in [-0.3, -0.25) is 4.79 Å². The predicted octanol–water partition coefficient (Wildman–Crippen LogP) is 2.45. The molecule has 0 aliphatic carbocycles. The van der Waals surface area contributed by atoms with E-state index in [-0.39, 0.29) is 12.3 Å². The van der Waals surface area contributed by atoms with Crippen LogP contribution in [0, 0.1) is 12.8 Å². The maximum Gasteiger partial charge on any atom is 0.221 e. The first-order valence-electron chi connectivity index (χ1n) is 6.00. The summed E-state index contributed by atoms with van der Waals surface area (Å²) in [6.07, 6.45) is 1.24. The lowest BCUT2D eigenvalue weighted by atomic mass is 10.0. The van der Waals surface area contributed by atoms with Gasteiger partial charge >= 0.3 is 0 Å². The average molecular weight is 235 g/mol. The second kappa shape index (κ2) is 6.28. The molecule has 0 unspecified atom stereocenters. The largest absolute Gasteiger partial charge is 0.493 e. The number of hydrogen-bond donors (Lipinski definition) is 1. The summed E-state index contributed by atoms with van der Waals surface area (Å²) in [6, 6.07) is 5.80. The first kappa shape index (κ1) is 13.6. The number of carbonyl (C=O) groups excluding carboxylic acids is 1. The van der Waals surface area contributed by atoms with Gasteiger partial charge in [0.1, 0.15) is 5.75 Å². The predicted molar refractivity (Wildman–Crippen MR) is 69.0 cm³/mol. The zero-order valence-corrected chi connectivity index (χ0v) is 10.8. The fourth-order valence-corrected chi connectivity index (χ4v) is 1.62. The molecule has 1 aromatic rings. The monoisotopic (exact) mass is 235 g/mol. The van der Waals surface area contributed by atoms with Crippen molar-refractivity contribution in [1.29, 1.82) is 0 Å². The van der Waals surface area contributed by atoms with Crippen molar-refractivity contribution >= 4 is 5.91 Å². The highest BCUT2D eigenvalue weighted by Crippen LogP contribution is 2.23. The Morgan fingerprint density at radius 3 is 2.71 bits per heavy atom. The molecule has 2 N–H and O–H groups in total. The molecule has 0 aliphatic heterocycles. The molecular formula is C14H21NO2. The van der Waals surface area contributed by atoms with Gasteiger partial charge in [0.2, 0.25) is 5.91 Å². The number of ether oxygens (including phenoxy) is 1. The smallest absolute Gasteiger partial charge is 0.221 e. The lowest BCUT2D eigenvalue weighted by Gasteiger charge is -2.13. The maximum atomic E-state index is 11.0. The Bertz CT molecular complexity index is 386. The molecule has 0 heterocycles. The Labute approximate surface area is 103 Å². The first-order chi connectivity index (χ1) is 8.00. The van der Waals surface area contributed by atoms with Crippen molar-refractivity contribution in [3.63, 3.8) is 0 Å². The Balaban J connectivity index is 2.76. The summed E-state index contributed by atoms with van der Waals surface area (Å²) in [7, 11) is 0. The molecule has 1 aromatic carbocycles. The van der Waals surface area contributed by atoms with E-state index in [9.17, 15) is 4.79 Å². The van der Waals surface area contributed by atoms with Crippen LogP contribution in [0.4, 0.5) is 0 Å². The normalized spacial score (nSPS) is 10.6. The van der Waals surface area contributed by atoms with Gasteiger partial charge in [0.15, 0.2) is 0 Å². The SMILES string of the molecule is Cc1cccc(OCCC(C)C)c1CC(N)=O. The minimum absolute atomic E-state index is 0.240. The molecule has 0 radical (unpaired) electrons. The Hall–Kier alpha value is -1.51. The first-order valence-corrected chi connectivity index (χ1v) is 6.00. The Kier molecular flexibility index (Phi) is 5.01. The van der Waals surface area contributed by atoms with Crippen LogP contribution in [0.5, 0.6) is 5.75 Å². The van der Waals surface area contributed by atoms with Gasteiger partial charge in [-0.15, -0.1) is 0 Å². The molecule has 0 fully saturated rings. The van der Waals surface area contributed by atoms with Crippen molar-refractivity contribution < 1.29 is 9.53 Å². The summed E-state index contributed by atoms with van der Waals surface area (Å²) >= 11 is 0. The topological polar surface area (TPSA) is 52.3 Å². The van der Waals surface area contributed by atoms with Crippen LogP contribution in [-0.4, -0.2) is 12.5 Å². The van der Waals surface area contributed by atoms with E-state index in [4.69, 9.17) is 10.5 Å². The van der Waals surface area contributed by atoms with Gasteiger partial charge in [-0.1, -0.05) is 26.0 Å². The van der Waals surface area contributed by atoms with Gasteiger partial charge < -0.3 is 10.5 Å². The zero-order valence-electron chi connectivity index (χ0n) is 10.8. The Morgan fingerprint density at radius 1 is 1.41 bits per heavy atom. The number of amides is 1. The third kappa shape index (κ3) is 4.47. The van der Waals surface area contributed by atoms with Crippen molar-refractivity contribution in [2.45, 2.75) is 33.6 Å². The van der Waals surface area contributed by atoms with Crippen molar-refractivity contribution in [3.8, 4) is 5.75 Å². The van der Waals surface area contributed by atoms with Crippen molar-refractivity contribution in [2.75, 3.05) is 6.61 Å². The third-order valence-electron chi connectivity index (χ3n) is 2.67. The van der Waals surface area contributed by atoms with Gasteiger partial charge in [0, 0.05) is 5.56 Å². The van der Waals surface area contributed by atoms with E-state index in [1.807, 2.05) is 25.1 Å². The minimum Gasteiger partial charge on any atom is -0.493 e. The molecule has 3 heteroatoms. The third-order valence-corrected chi connectivity index (χ3v) is 2.67. The van der Waals surface area contributed by atoms with Crippen LogP contribution in [-0.2, 0) is 11.2 Å². The summed E-state index contributed by atoms with van der Waals surface area (Å²) in [5.41, 5.74) is 7.20. The van der Waals surface area contributed by atoms with Gasteiger partial charge in [-0.25, -0.2) is 0 Å². The van der Waals surface area contributed by atoms with Crippen LogP contribution in [0.2, 0.25) is 0 Å². The van der Waals surface area contributed by atoms with Crippen molar-refractivity contribution in [1.82, 2.24) is 0 Å². The molecule has 0 atom stereocenters. The molecule has 0 saturated heterocycles. The molecule has 1 rings (SSSR count). The molecule has 0 saturated carbocycles. The second-order valence-electron chi connectivity index (χ2n) is 4.73. The van der Waals surface area contributed by atoms with Gasteiger partial charge in [-0.2, -0.15) is 0 Å². The van der Waals surface area contributed by atoms with Crippen molar-refractivity contribution in [2.24, 2.45) is 11.7 Å². The quantitative estimate of drug-likeness (QED) is 0.823. The van der Waals surface area contributed by atoms with E-state index in [0.717, 1.165) is 23.3 Å². The average Bonchev–Trinajstić information content (AvgIpc) is 2.22. The van der Waals surface area contributed by atoms with Gasteiger partial charge in [0.05, 0.1) is 13.0 Å². The van der Waals surface area contributed by atoms with Crippen LogP contribution in [0.15, 0.2) is 18.2 Å². The van der Waals surface area contributed by atoms with E-state index >= 15 is 0 Å². The van der Waals surface area contributed by atoms with Crippen LogP contribution in [0.3, 0.4) is 0 Å². The number of benzene rings is 1. The summed E-state index contributed by atoms with van der Waals surface area (Å²) in [6.45, 7) is 6.95. The molecule has 94 valence electrons. The van der Waals surface area contributed by atoms with Crippen molar-refractivity contribution in [3.05, 3.63) is 29.3 Å². The number of hydrogen-bond acceptors (Lipinski definition) is 2. The highest BCUT2D eigenvalue weighted by Gasteiger charge is 2.09. The molecule has 3 nitrogen and oxygen atoms in total. The Morgan fingerprint density at radius 2 is 2.12 bits per heavy atom. The summed E-state index contributed by atoms with van der Waals surface area (Å²) in [4.78, 5) is 11.0. The second-order valence-corrected chi connectivity index (χ2v) is 4.73. The minimum atomic E-state index is -0.326. The number of aryl methyl sites for hydroxylation is 1. The number of primary amides is 1. The fraction of sp³-hybridized carbons (Fsp3) is 0.500. The van der Waals surface area contributed by atoms with Crippen LogP contribution >= 0.6 is 0 Å². The molecule has 17 heavy (non-hydrogen) atoms. The molecular weight excluding hydrogens is 214 g/mol. The van der Waals surface area contributed by atoms with E-state index in [0.29, 0.717) is 12.5 Å². The van der Waals surface area contributed by atoms with Gasteiger partial charge in [0.25, 0.3) is 0 Å². The van der Waals surface area contributed by atoms with Crippen LogP contribution in [0.25, 0.3) is 0 Å². The number of nitrogens with two attached hydrogens (primary N) is 1. The standard InChI is InChI=1S/C14H21NO2/c1-10(2)7-8-17-13-6-4-5-11(3)12(13)9-14(15)16/h4-6,10H,7-9H2,1-3H3,(H2,15,16).